The highest BCUT2D eigenvalue weighted by atomic mass is 79.9. The van der Waals surface area contributed by atoms with Crippen LogP contribution < -0.4 is 5.73 Å². The van der Waals surface area contributed by atoms with E-state index in [9.17, 15) is 0 Å². The maximum Gasteiger partial charge on any atom is 0.152 e. The lowest BCUT2D eigenvalue weighted by molar-refractivity contribution is 0.201. The highest BCUT2D eigenvalue weighted by molar-refractivity contribution is 9.10. The average Bonchev–Trinajstić information content (AvgIpc) is 2.54. The minimum atomic E-state index is 0.473. The van der Waals surface area contributed by atoms with E-state index < -0.39 is 0 Å². The van der Waals surface area contributed by atoms with Crippen LogP contribution in [0.3, 0.4) is 0 Å². The summed E-state index contributed by atoms with van der Waals surface area (Å²) in [4.78, 5) is 3.95. The lowest BCUT2D eigenvalue weighted by Gasteiger charge is -2.01. The Morgan fingerprint density at radius 3 is 3.13 bits per heavy atom. The Bertz CT molecular complexity index is 482. The first-order chi connectivity index (χ1) is 7.24. The molecule has 5 nitrogen and oxygen atoms in total. The summed E-state index contributed by atoms with van der Waals surface area (Å²) >= 11 is 3.44. The molecule has 0 amide bonds. The summed E-state index contributed by atoms with van der Waals surface area (Å²) in [6, 6.07) is 1.99. The number of nitrogens with two attached hydrogens (primary N) is 1. The molecule has 2 N–H and O–H groups in total. The molecule has 0 atom stereocenters. The molecule has 0 bridgehead atoms. The molecule has 80 valence electrons. The molecule has 2 aromatic heterocycles. The first-order valence-electron chi connectivity index (χ1n) is 4.49. The number of nitrogens with zero attached hydrogens (tertiary/aromatic N) is 3. The Kier molecular flexibility index (Phi) is 2.88. The highest BCUT2D eigenvalue weighted by Crippen LogP contribution is 2.25. The highest BCUT2D eigenvalue weighted by Gasteiger charge is 2.10. The van der Waals surface area contributed by atoms with Crippen molar-refractivity contribution in [1.82, 2.24) is 14.6 Å². The second kappa shape index (κ2) is 4.16. The maximum atomic E-state index is 5.77. The fourth-order valence-electron chi connectivity index (χ4n) is 1.47. The monoisotopic (exact) mass is 270 g/mol. The molecule has 0 aliphatic heterocycles. The molecule has 0 saturated carbocycles. The van der Waals surface area contributed by atoms with Gasteiger partial charge in [0.25, 0.3) is 0 Å². The normalized spacial score (nSPS) is 11.1. The number of fused-ring (bicyclic) bond motifs is 1. The molecule has 2 rings (SSSR count). The van der Waals surface area contributed by atoms with E-state index in [4.69, 9.17) is 10.5 Å². The van der Waals surface area contributed by atoms with E-state index in [1.54, 1.807) is 11.6 Å². The number of ether oxygens (including phenoxy) is 1. The summed E-state index contributed by atoms with van der Waals surface area (Å²) in [5.41, 5.74) is 7.62. The maximum absolute atomic E-state index is 5.77. The Morgan fingerprint density at radius 2 is 2.40 bits per heavy atom. The van der Waals surface area contributed by atoms with Crippen molar-refractivity contribution in [2.45, 2.75) is 6.42 Å². The summed E-state index contributed by atoms with van der Waals surface area (Å²) in [7, 11) is 1.67. The number of hydrogen-bond acceptors (Lipinski definition) is 4. The molecule has 0 spiro atoms. The van der Waals surface area contributed by atoms with Crippen molar-refractivity contribution < 1.29 is 4.74 Å². The lowest BCUT2D eigenvalue weighted by atomic mass is 10.3. The van der Waals surface area contributed by atoms with Crippen LogP contribution in [-0.4, -0.2) is 28.3 Å². The molecule has 0 aromatic carbocycles. The van der Waals surface area contributed by atoms with Gasteiger partial charge in [0.05, 0.1) is 6.61 Å². The van der Waals surface area contributed by atoms with Gasteiger partial charge in [0.15, 0.2) is 5.82 Å². The zero-order valence-corrected chi connectivity index (χ0v) is 9.86. The van der Waals surface area contributed by atoms with Crippen LogP contribution in [0, 0.1) is 0 Å². The number of aromatic nitrogens is 3. The SMILES string of the molecule is COCCc1cc(Br)c2c(N)ncnn12. The molecule has 0 saturated heterocycles. The van der Waals surface area contributed by atoms with E-state index in [0.29, 0.717) is 12.4 Å². The molecule has 2 aromatic rings. The van der Waals surface area contributed by atoms with Crippen LogP contribution in [0.2, 0.25) is 0 Å². The van der Waals surface area contributed by atoms with Gasteiger partial charge in [0, 0.05) is 23.7 Å². The average molecular weight is 271 g/mol. The number of rotatable bonds is 3. The summed E-state index contributed by atoms with van der Waals surface area (Å²) < 4.78 is 7.72. The van der Waals surface area contributed by atoms with Gasteiger partial charge in [-0.3, -0.25) is 0 Å². The minimum absolute atomic E-state index is 0.473. The van der Waals surface area contributed by atoms with Crippen molar-refractivity contribution in [3.63, 3.8) is 0 Å². The van der Waals surface area contributed by atoms with Crippen molar-refractivity contribution >= 4 is 27.3 Å². The predicted molar refractivity (Wildman–Crippen MR) is 60.7 cm³/mol. The third-order valence-corrected chi connectivity index (χ3v) is 2.78. The van der Waals surface area contributed by atoms with Crippen LogP contribution in [0.5, 0.6) is 0 Å². The zero-order valence-electron chi connectivity index (χ0n) is 8.27. The fraction of sp³-hybridized carbons (Fsp3) is 0.333. The van der Waals surface area contributed by atoms with Crippen LogP contribution in [0.15, 0.2) is 16.9 Å². The Hall–Kier alpha value is -1.14. The fourth-order valence-corrected chi connectivity index (χ4v) is 2.10. The molecule has 0 aliphatic carbocycles. The van der Waals surface area contributed by atoms with Crippen LogP contribution in [0.25, 0.3) is 5.52 Å². The third-order valence-electron chi connectivity index (χ3n) is 2.17. The third kappa shape index (κ3) is 1.82. The van der Waals surface area contributed by atoms with E-state index in [2.05, 4.69) is 26.0 Å². The first kappa shape index (κ1) is 10.4. The number of anilines is 1. The summed E-state index contributed by atoms with van der Waals surface area (Å²) in [5, 5.41) is 4.16. The second-order valence-corrected chi connectivity index (χ2v) is 3.99. The van der Waals surface area contributed by atoms with E-state index in [-0.39, 0.29) is 0 Å². The molecule has 2 heterocycles. The molecular formula is C9H11BrN4O. The predicted octanol–water partition coefficient (Wildman–Crippen LogP) is 1.26. The molecule has 0 unspecified atom stereocenters. The van der Waals surface area contributed by atoms with E-state index in [1.165, 1.54) is 6.33 Å². The van der Waals surface area contributed by atoms with Crippen molar-refractivity contribution in [3.8, 4) is 0 Å². The van der Waals surface area contributed by atoms with Crippen molar-refractivity contribution in [2.75, 3.05) is 19.5 Å². The van der Waals surface area contributed by atoms with Gasteiger partial charge in [0.1, 0.15) is 11.8 Å². The van der Waals surface area contributed by atoms with Gasteiger partial charge in [-0.2, -0.15) is 5.10 Å². The first-order valence-corrected chi connectivity index (χ1v) is 5.29. The van der Waals surface area contributed by atoms with Crippen LogP contribution >= 0.6 is 15.9 Å². The zero-order chi connectivity index (χ0) is 10.8. The lowest BCUT2D eigenvalue weighted by Crippen LogP contribution is -2.04. The standard InChI is InChI=1S/C9H11BrN4O/c1-15-3-2-6-4-7(10)8-9(11)12-5-13-14(6)8/h4-5H,2-3H2,1H3,(H2,11,12,13). The van der Waals surface area contributed by atoms with Crippen LogP contribution in [-0.2, 0) is 11.2 Å². The largest absolute Gasteiger partial charge is 0.384 e. The topological polar surface area (TPSA) is 65.4 Å². The van der Waals surface area contributed by atoms with Gasteiger partial charge in [-0.25, -0.2) is 9.50 Å². The number of hydrogen-bond donors (Lipinski definition) is 1. The number of nitrogen functional groups attached to an aromatic ring is 1. The molecule has 0 aliphatic rings. The Balaban J connectivity index is 2.53. The van der Waals surface area contributed by atoms with E-state index in [1.807, 2.05) is 6.07 Å². The molecule has 0 fully saturated rings. The Labute approximate surface area is 95.4 Å². The number of halogens is 1. The smallest absolute Gasteiger partial charge is 0.152 e. The molecule has 6 heteroatoms. The summed E-state index contributed by atoms with van der Waals surface area (Å²) in [6.45, 7) is 0.655. The Morgan fingerprint density at radius 1 is 1.60 bits per heavy atom. The molecule has 15 heavy (non-hydrogen) atoms. The van der Waals surface area contributed by atoms with Gasteiger partial charge >= 0.3 is 0 Å². The van der Waals surface area contributed by atoms with Crippen LogP contribution in [0.1, 0.15) is 5.69 Å². The van der Waals surface area contributed by atoms with Gasteiger partial charge < -0.3 is 10.5 Å². The quantitative estimate of drug-likeness (QED) is 0.912. The van der Waals surface area contributed by atoms with Crippen molar-refractivity contribution in [3.05, 3.63) is 22.6 Å². The van der Waals surface area contributed by atoms with E-state index >= 15 is 0 Å². The van der Waals surface area contributed by atoms with Gasteiger partial charge in [-0.05, 0) is 22.0 Å². The molecular weight excluding hydrogens is 260 g/mol. The van der Waals surface area contributed by atoms with Gasteiger partial charge in [0.2, 0.25) is 0 Å². The van der Waals surface area contributed by atoms with Crippen LogP contribution in [0.4, 0.5) is 5.82 Å². The minimum Gasteiger partial charge on any atom is -0.384 e. The summed E-state index contributed by atoms with van der Waals surface area (Å²) in [5.74, 6) is 0.473. The number of methoxy groups -OCH3 is 1. The second-order valence-electron chi connectivity index (χ2n) is 3.13. The van der Waals surface area contributed by atoms with Gasteiger partial charge in [-0.1, -0.05) is 0 Å². The summed E-state index contributed by atoms with van der Waals surface area (Å²) in [6.07, 6.45) is 2.24. The molecule has 0 radical (unpaired) electrons. The van der Waals surface area contributed by atoms with E-state index in [0.717, 1.165) is 22.1 Å². The van der Waals surface area contributed by atoms with Crippen molar-refractivity contribution in [2.24, 2.45) is 0 Å². The van der Waals surface area contributed by atoms with Crippen molar-refractivity contribution in [1.29, 1.82) is 0 Å². The van der Waals surface area contributed by atoms with Gasteiger partial charge in [-0.15, -0.1) is 0 Å².